The second-order valence-corrected chi connectivity index (χ2v) is 9.37. The third-order valence-electron chi connectivity index (χ3n) is 6.96. The number of amides is 3. The Morgan fingerprint density at radius 1 is 1.12 bits per heavy atom. The monoisotopic (exact) mass is 458 g/mol. The predicted octanol–water partition coefficient (Wildman–Crippen LogP) is 2.64. The van der Waals surface area contributed by atoms with Crippen LogP contribution in [0.25, 0.3) is 0 Å². The molecule has 1 aromatic carbocycles. The molecule has 4 rings (SSSR count). The molecular formula is C25H38N4O4. The van der Waals surface area contributed by atoms with Gasteiger partial charge >= 0.3 is 6.03 Å². The lowest BCUT2D eigenvalue weighted by Crippen LogP contribution is -2.52. The summed E-state index contributed by atoms with van der Waals surface area (Å²) in [5, 5.41) is 3.10. The number of rotatable bonds is 6. The van der Waals surface area contributed by atoms with Crippen LogP contribution < -0.4 is 15.0 Å². The predicted molar refractivity (Wildman–Crippen MR) is 128 cm³/mol. The summed E-state index contributed by atoms with van der Waals surface area (Å²) in [5.74, 6) is 0.890. The number of ether oxygens (including phenoxy) is 2. The fourth-order valence-corrected chi connectivity index (χ4v) is 4.84. The molecule has 0 saturated carbocycles. The summed E-state index contributed by atoms with van der Waals surface area (Å²) >= 11 is 0. The average Bonchev–Trinajstić information content (AvgIpc) is 2.86. The van der Waals surface area contributed by atoms with Crippen LogP contribution >= 0.6 is 0 Å². The molecule has 182 valence electrons. The van der Waals surface area contributed by atoms with Crippen LogP contribution in [0.4, 0.5) is 10.5 Å². The molecular weight excluding hydrogens is 420 g/mol. The fraction of sp³-hybridized carbons (Fsp3) is 0.680. The highest BCUT2D eigenvalue weighted by Crippen LogP contribution is 2.36. The SMILES string of the molecule is CCC1CN(C(=O)N2CCC(C(=O)NCCCN3CCOCC3)CC2)c2cc(C)ccc2O1. The highest BCUT2D eigenvalue weighted by atomic mass is 16.5. The maximum absolute atomic E-state index is 13.4. The number of urea groups is 1. The zero-order chi connectivity index (χ0) is 23.2. The van der Waals surface area contributed by atoms with Gasteiger partial charge in [0.05, 0.1) is 25.4 Å². The lowest BCUT2D eigenvalue weighted by molar-refractivity contribution is -0.126. The van der Waals surface area contributed by atoms with Crippen LogP contribution in [0.15, 0.2) is 18.2 Å². The smallest absolute Gasteiger partial charge is 0.324 e. The van der Waals surface area contributed by atoms with Gasteiger partial charge < -0.3 is 19.7 Å². The molecule has 2 fully saturated rings. The topological polar surface area (TPSA) is 74.4 Å². The molecule has 1 atom stereocenters. The summed E-state index contributed by atoms with van der Waals surface area (Å²) < 4.78 is 11.4. The fourth-order valence-electron chi connectivity index (χ4n) is 4.84. The zero-order valence-electron chi connectivity index (χ0n) is 20.1. The largest absolute Gasteiger partial charge is 0.486 e. The van der Waals surface area contributed by atoms with Crippen LogP contribution in [0.1, 0.15) is 38.2 Å². The molecule has 1 N–H and O–H groups in total. The van der Waals surface area contributed by atoms with E-state index in [0.717, 1.165) is 62.7 Å². The van der Waals surface area contributed by atoms with Crippen molar-refractivity contribution in [2.45, 2.75) is 45.6 Å². The second-order valence-electron chi connectivity index (χ2n) is 9.37. The number of hydrogen-bond donors (Lipinski definition) is 1. The molecule has 0 radical (unpaired) electrons. The van der Waals surface area contributed by atoms with Crippen molar-refractivity contribution in [1.29, 1.82) is 0 Å². The lowest BCUT2D eigenvalue weighted by Gasteiger charge is -2.39. The van der Waals surface area contributed by atoms with E-state index in [1.807, 2.05) is 34.9 Å². The van der Waals surface area contributed by atoms with E-state index >= 15 is 0 Å². The zero-order valence-corrected chi connectivity index (χ0v) is 20.1. The van der Waals surface area contributed by atoms with Crippen molar-refractivity contribution < 1.29 is 19.1 Å². The van der Waals surface area contributed by atoms with Crippen LogP contribution in [0.2, 0.25) is 0 Å². The number of morpholine rings is 1. The molecule has 2 saturated heterocycles. The molecule has 0 spiro atoms. The number of nitrogens with zero attached hydrogens (tertiary/aromatic N) is 3. The number of carbonyl (C=O) groups is 2. The second kappa shape index (κ2) is 11.2. The average molecular weight is 459 g/mol. The van der Waals surface area contributed by atoms with Gasteiger partial charge in [0.15, 0.2) is 0 Å². The molecule has 1 unspecified atom stereocenters. The Balaban J connectivity index is 1.25. The summed E-state index contributed by atoms with van der Waals surface area (Å²) in [6.07, 6.45) is 3.24. The van der Waals surface area contributed by atoms with Crippen molar-refractivity contribution in [2.24, 2.45) is 5.92 Å². The number of hydrogen-bond acceptors (Lipinski definition) is 5. The summed E-state index contributed by atoms with van der Waals surface area (Å²) in [4.78, 5) is 32.2. The molecule has 3 aliphatic heterocycles. The first-order valence-corrected chi connectivity index (χ1v) is 12.5. The van der Waals surface area contributed by atoms with E-state index in [1.54, 1.807) is 0 Å². The Labute approximate surface area is 197 Å². The number of carbonyl (C=O) groups excluding carboxylic acids is 2. The van der Waals surface area contributed by atoms with Gasteiger partial charge in [0.25, 0.3) is 0 Å². The van der Waals surface area contributed by atoms with Crippen molar-refractivity contribution >= 4 is 17.6 Å². The summed E-state index contributed by atoms with van der Waals surface area (Å²) in [6.45, 7) is 11.2. The van der Waals surface area contributed by atoms with Gasteiger partial charge in [-0.15, -0.1) is 0 Å². The molecule has 0 aromatic heterocycles. The van der Waals surface area contributed by atoms with Crippen molar-refractivity contribution in [3.05, 3.63) is 23.8 Å². The van der Waals surface area contributed by atoms with E-state index in [-0.39, 0.29) is 24.0 Å². The first-order valence-electron chi connectivity index (χ1n) is 12.5. The lowest BCUT2D eigenvalue weighted by atomic mass is 9.96. The van der Waals surface area contributed by atoms with Gasteiger partial charge in [-0.3, -0.25) is 14.6 Å². The Morgan fingerprint density at radius 2 is 1.88 bits per heavy atom. The molecule has 33 heavy (non-hydrogen) atoms. The first-order chi connectivity index (χ1) is 16.0. The van der Waals surface area contributed by atoms with E-state index in [2.05, 4.69) is 17.1 Å². The molecule has 8 nitrogen and oxygen atoms in total. The van der Waals surface area contributed by atoms with Crippen LogP contribution in [0.5, 0.6) is 5.75 Å². The summed E-state index contributed by atoms with van der Waals surface area (Å²) in [5.41, 5.74) is 1.96. The van der Waals surface area contributed by atoms with Gasteiger partial charge in [0.2, 0.25) is 5.91 Å². The molecule has 3 amide bonds. The van der Waals surface area contributed by atoms with Gasteiger partial charge in [0.1, 0.15) is 11.9 Å². The molecule has 3 aliphatic rings. The molecule has 3 heterocycles. The van der Waals surface area contributed by atoms with Gasteiger partial charge in [-0.25, -0.2) is 4.79 Å². The van der Waals surface area contributed by atoms with E-state index in [9.17, 15) is 9.59 Å². The first kappa shape index (κ1) is 23.8. The number of anilines is 1. The third kappa shape index (κ3) is 5.98. The number of piperidine rings is 1. The highest BCUT2D eigenvalue weighted by Gasteiger charge is 2.34. The maximum Gasteiger partial charge on any atom is 0.324 e. The molecule has 0 bridgehead atoms. The van der Waals surface area contributed by atoms with Crippen LogP contribution in [0, 0.1) is 12.8 Å². The Morgan fingerprint density at radius 3 is 2.61 bits per heavy atom. The van der Waals surface area contributed by atoms with Crippen LogP contribution in [0.3, 0.4) is 0 Å². The maximum atomic E-state index is 13.4. The Hall–Kier alpha value is -2.32. The van der Waals surface area contributed by atoms with E-state index in [4.69, 9.17) is 9.47 Å². The minimum Gasteiger partial charge on any atom is -0.486 e. The number of likely N-dealkylation sites (tertiary alicyclic amines) is 1. The van der Waals surface area contributed by atoms with Crippen LogP contribution in [-0.2, 0) is 9.53 Å². The number of aryl methyl sites for hydroxylation is 1. The molecule has 0 aliphatic carbocycles. The minimum atomic E-state index is -0.0138. The standard InChI is InChI=1S/C25H38N4O4/c1-3-21-18-29(22-17-19(2)5-6-23(22)33-21)25(31)28-11-7-20(8-12-28)24(30)26-9-4-10-27-13-15-32-16-14-27/h5-6,17,20-21H,3-4,7-16,18H2,1-2H3,(H,26,30). The van der Waals surface area contributed by atoms with Crippen molar-refractivity contribution in [3.63, 3.8) is 0 Å². The van der Waals surface area contributed by atoms with Gasteiger partial charge in [0, 0.05) is 38.6 Å². The number of benzene rings is 1. The quantitative estimate of drug-likeness (QED) is 0.664. The number of nitrogens with one attached hydrogen (secondary N) is 1. The van der Waals surface area contributed by atoms with Gasteiger partial charge in [-0.05, 0) is 56.8 Å². The minimum absolute atomic E-state index is 0.00457. The highest BCUT2D eigenvalue weighted by molar-refractivity contribution is 5.94. The summed E-state index contributed by atoms with van der Waals surface area (Å²) in [6, 6.07) is 6.02. The number of fused-ring (bicyclic) bond motifs is 1. The van der Waals surface area contributed by atoms with Crippen molar-refractivity contribution in [2.75, 3.05) is 63.9 Å². The third-order valence-corrected chi connectivity index (χ3v) is 6.96. The van der Waals surface area contributed by atoms with E-state index in [0.29, 0.717) is 39.0 Å². The van der Waals surface area contributed by atoms with Gasteiger partial charge in [-0.2, -0.15) is 0 Å². The van der Waals surface area contributed by atoms with Crippen molar-refractivity contribution in [1.82, 2.24) is 15.1 Å². The Bertz CT molecular complexity index is 819. The van der Waals surface area contributed by atoms with Gasteiger partial charge in [-0.1, -0.05) is 13.0 Å². The normalized spacial score (nSPS) is 21.9. The van der Waals surface area contributed by atoms with Crippen molar-refractivity contribution in [3.8, 4) is 5.75 Å². The Kier molecular flexibility index (Phi) is 8.09. The molecule has 8 heteroatoms. The van der Waals surface area contributed by atoms with E-state index in [1.165, 1.54) is 0 Å². The molecule has 1 aromatic rings. The van der Waals surface area contributed by atoms with E-state index < -0.39 is 0 Å². The van der Waals surface area contributed by atoms with Crippen LogP contribution in [-0.4, -0.2) is 86.9 Å². The summed E-state index contributed by atoms with van der Waals surface area (Å²) in [7, 11) is 0.